The lowest BCUT2D eigenvalue weighted by atomic mass is 10.2. The predicted octanol–water partition coefficient (Wildman–Crippen LogP) is 2.09. The first-order valence-electron chi connectivity index (χ1n) is 6.60. The van der Waals surface area contributed by atoms with E-state index in [-0.39, 0.29) is 35.1 Å². The molecule has 1 saturated carbocycles. The van der Waals surface area contributed by atoms with Crippen LogP contribution in [0.1, 0.15) is 31.4 Å². The fourth-order valence-corrected chi connectivity index (χ4v) is 2.92. The molecule has 1 aromatic rings. The molecule has 0 aliphatic heterocycles. The zero-order valence-electron chi connectivity index (χ0n) is 11.3. The molecule has 20 heavy (non-hydrogen) atoms. The molecule has 1 N–H and O–H groups in total. The Hall–Kier alpha value is -1.47. The number of aromatic nitrogens is 2. The van der Waals surface area contributed by atoms with Crippen molar-refractivity contribution in [3.05, 3.63) is 21.1 Å². The van der Waals surface area contributed by atoms with Crippen molar-refractivity contribution in [1.82, 2.24) is 9.97 Å². The molecule has 8 heteroatoms. The molecule has 1 fully saturated rings. The summed E-state index contributed by atoms with van der Waals surface area (Å²) in [6.07, 6.45) is 4.05. The van der Waals surface area contributed by atoms with E-state index in [4.69, 9.17) is 11.6 Å². The molecule has 0 saturated heterocycles. The van der Waals surface area contributed by atoms with Crippen LogP contribution in [0.2, 0.25) is 5.28 Å². The average Bonchev–Trinajstić information content (AvgIpc) is 2.87. The molecule has 1 heterocycles. The van der Waals surface area contributed by atoms with Crippen molar-refractivity contribution in [2.24, 2.45) is 0 Å². The lowest BCUT2D eigenvalue weighted by molar-refractivity contribution is -0.385. The fourth-order valence-electron chi connectivity index (χ4n) is 2.72. The van der Waals surface area contributed by atoms with Gasteiger partial charge in [-0.05, 0) is 31.4 Å². The minimum atomic E-state index is -0.486. The third kappa shape index (κ3) is 2.99. The molecule has 1 aromatic heterocycles. The Bertz CT molecular complexity index is 506. The standard InChI is InChI=1S/C12H17ClN4O3/c1-8-10(17(19)20)11(15-12(13)14-8)16(6-7-18)9-4-2-3-5-9/h9,18H,2-7H2,1H3. The number of rotatable bonds is 5. The Balaban J connectivity index is 2.48. The lowest BCUT2D eigenvalue weighted by Gasteiger charge is -2.29. The van der Waals surface area contributed by atoms with Gasteiger partial charge in [-0.3, -0.25) is 10.1 Å². The van der Waals surface area contributed by atoms with Gasteiger partial charge in [0, 0.05) is 12.6 Å². The Labute approximate surface area is 121 Å². The molecule has 7 nitrogen and oxygen atoms in total. The van der Waals surface area contributed by atoms with Gasteiger partial charge < -0.3 is 10.0 Å². The topological polar surface area (TPSA) is 92.4 Å². The number of halogens is 1. The first kappa shape index (κ1) is 14.9. The van der Waals surface area contributed by atoms with Crippen LogP contribution in [0.3, 0.4) is 0 Å². The summed E-state index contributed by atoms with van der Waals surface area (Å²) in [5.41, 5.74) is 0.112. The van der Waals surface area contributed by atoms with Gasteiger partial charge in [0.2, 0.25) is 11.1 Å². The number of aliphatic hydroxyl groups excluding tert-OH is 1. The van der Waals surface area contributed by atoms with Crippen LogP contribution in [-0.2, 0) is 0 Å². The van der Waals surface area contributed by atoms with Gasteiger partial charge in [-0.1, -0.05) is 12.8 Å². The number of nitro groups is 1. The Morgan fingerprint density at radius 1 is 1.45 bits per heavy atom. The molecule has 2 rings (SSSR count). The van der Waals surface area contributed by atoms with E-state index < -0.39 is 4.92 Å². The van der Waals surface area contributed by atoms with Gasteiger partial charge in [-0.2, -0.15) is 4.98 Å². The van der Waals surface area contributed by atoms with Crippen molar-refractivity contribution in [2.75, 3.05) is 18.1 Å². The molecule has 0 unspecified atom stereocenters. The first-order chi connectivity index (χ1) is 9.54. The molecule has 0 bridgehead atoms. The molecular weight excluding hydrogens is 284 g/mol. The third-order valence-corrected chi connectivity index (χ3v) is 3.74. The molecule has 0 atom stereocenters. The second-order valence-electron chi connectivity index (χ2n) is 4.86. The Kier molecular flexibility index (Phi) is 4.72. The zero-order chi connectivity index (χ0) is 14.7. The van der Waals surface area contributed by atoms with Crippen LogP contribution < -0.4 is 4.90 Å². The van der Waals surface area contributed by atoms with E-state index in [2.05, 4.69) is 9.97 Å². The van der Waals surface area contributed by atoms with Crippen LogP contribution in [-0.4, -0.2) is 39.2 Å². The number of aliphatic hydroxyl groups is 1. The second kappa shape index (κ2) is 6.32. The van der Waals surface area contributed by atoms with E-state index in [1.54, 1.807) is 11.8 Å². The van der Waals surface area contributed by atoms with Crippen molar-refractivity contribution in [3.8, 4) is 0 Å². The highest BCUT2D eigenvalue weighted by Crippen LogP contribution is 2.34. The minimum Gasteiger partial charge on any atom is -0.395 e. The zero-order valence-corrected chi connectivity index (χ0v) is 12.0. The first-order valence-corrected chi connectivity index (χ1v) is 6.98. The van der Waals surface area contributed by atoms with Gasteiger partial charge in [-0.25, -0.2) is 4.98 Å². The normalized spacial score (nSPS) is 15.6. The maximum atomic E-state index is 11.3. The SMILES string of the molecule is Cc1nc(Cl)nc(N(CCO)C2CCCC2)c1[N+](=O)[O-]. The van der Waals surface area contributed by atoms with Crippen LogP contribution in [0.5, 0.6) is 0 Å². The molecule has 110 valence electrons. The molecule has 1 aliphatic rings. The van der Waals surface area contributed by atoms with Crippen molar-refractivity contribution >= 4 is 23.1 Å². The number of anilines is 1. The summed E-state index contributed by atoms with van der Waals surface area (Å²) in [6, 6.07) is 0.159. The van der Waals surface area contributed by atoms with Gasteiger partial charge in [0.1, 0.15) is 5.69 Å². The van der Waals surface area contributed by atoms with Gasteiger partial charge in [0.15, 0.2) is 0 Å². The van der Waals surface area contributed by atoms with Crippen molar-refractivity contribution in [3.63, 3.8) is 0 Å². The average molecular weight is 301 g/mol. The van der Waals surface area contributed by atoms with E-state index >= 15 is 0 Å². The monoisotopic (exact) mass is 300 g/mol. The summed E-state index contributed by atoms with van der Waals surface area (Å²) in [4.78, 5) is 20.5. The largest absolute Gasteiger partial charge is 0.395 e. The lowest BCUT2D eigenvalue weighted by Crippen LogP contribution is -2.37. The van der Waals surface area contributed by atoms with Gasteiger partial charge >= 0.3 is 5.69 Å². The van der Waals surface area contributed by atoms with Gasteiger partial charge in [0.25, 0.3) is 0 Å². The van der Waals surface area contributed by atoms with Crippen LogP contribution in [0.4, 0.5) is 11.5 Å². The van der Waals surface area contributed by atoms with E-state index in [9.17, 15) is 15.2 Å². The number of hydrogen-bond donors (Lipinski definition) is 1. The van der Waals surface area contributed by atoms with Crippen LogP contribution in [0.15, 0.2) is 0 Å². The summed E-state index contributed by atoms with van der Waals surface area (Å²) in [6.45, 7) is 1.76. The molecule has 0 amide bonds. The highest BCUT2D eigenvalue weighted by atomic mass is 35.5. The molecule has 0 spiro atoms. The third-order valence-electron chi connectivity index (χ3n) is 3.57. The summed E-state index contributed by atoms with van der Waals surface area (Å²) < 4.78 is 0. The number of nitrogens with zero attached hydrogens (tertiary/aromatic N) is 4. The maximum Gasteiger partial charge on any atom is 0.332 e. The highest BCUT2D eigenvalue weighted by Gasteiger charge is 2.31. The summed E-state index contributed by atoms with van der Waals surface area (Å²) in [5.74, 6) is 0.216. The smallest absolute Gasteiger partial charge is 0.332 e. The van der Waals surface area contributed by atoms with Gasteiger partial charge in [-0.15, -0.1) is 0 Å². The van der Waals surface area contributed by atoms with E-state index in [0.717, 1.165) is 25.7 Å². The Morgan fingerprint density at radius 2 is 2.10 bits per heavy atom. The fraction of sp³-hybridized carbons (Fsp3) is 0.667. The number of aryl methyl sites for hydroxylation is 1. The predicted molar refractivity (Wildman–Crippen MR) is 75.1 cm³/mol. The van der Waals surface area contributed by atoms with Crippen molar-refractivity contribution in [2.45, 2.75) is 38.6 Å². The minimum absolute atomic E-state index is 0.0102. The van der Waals surface area contributed by atoms with Crippen LogP contribution in [0, 0.1) is 17.0 Å². The summed E-state index contributed by atoms with van der Waals surface area (Å²) in [7, 11) is 0. The molecular formula is C12H17ClN4O3. The molecule has 0 radical (unpaired) electrons. The van der Waals surface area contributed by atoms with Crippen LogP contribution in [0.25, 0.3) is 0 Å². The van der Waals surface area contributed by atoms with Gasteiger partial charge in [0.05, 0.1) is 11.5 Å². The molecule has 0 aromatic carbocycles. The summed E-state index contributed by atoms with van der Waals surface area (Å²) in [5, 5.41) is 20.5. The number of hydrogen-bond acceptors (Lipinski definition) is 6. The Morgan fingerprint density at radius 3 is 2.65 bits per heavy atom. The maximum absolute atomic E-state index is 11.3. The quantitative estimate of drug-likeness (QED) is 0.508. The van der Waals surface area contributed by atoms with Crippen molar-refractivity contribution < 1.29 is 10.0 Å². The van der Waals surface area contributed by atoms with Crippen LogP contribution >= 0.6 is 11.6 Å². The van der Waals surface area contributed by atoms with Crippen molar-refractivity contribution in [1.29, 1.82) is 0 Å². The molecule has 1 aliphatic carbocycles. The second-order valence-corrected chi connectivity index (χ2v) is 5.20. The van der Waals surface area contributed by atoms with E-state index in [1.165, 1.54) is 0 Å². The summed E-state index contributed by atoms with van der Waals surface area (Å²) >= 11 is 5.84. The van der Waals surface area contributed by atoms with E-state index in [0.29, 0.717) is 6.54 Å². The highest BCUT2D eigenvalue weighted by molar-refractivity contribution is 6.28. The van der Waals surface area contributed by atoms with E-state index in [1.807, 2.05) is 0 Å².